The standard InChI is InChI=1S/C14H19N3O4/c1-9(7-12(15)18)17-14(21)16-8-11(13(19)20)10-5-3-2-4-6-10/h2-6,9,11H,7-8H2,1H3,(H2,15,18)(H,19,20)(H2,16,17,21). The van der Waals surface area contributed by atoms with Gasteiger partial charge in [-0.2, -0.15) is 0 Å². The average Bonchev–Trinajstić information content (AvgIpc) is 2.38. The number of carboxylic acid groups (broad SMARTS) is 1. The highest BCUT2D eigenvalue weighted by molar-refractivity contribution is 5.80. The molecule has 1 aromatic rings. The third kappa shape index (κ3) is 5.94. The lowest BCUT2D eigenvalue weighted by molar-refractivity contribution is -0.138. The predicted molar refractivity (Wildman–Crippen MR) is 76.6 cm³/mol. The van der Waals surface area contributed by atoms with Crippen molar-refractivity contribution in [1.82, 2.24) is 10.6 Å². The summed E-state index contributed by atoms with van der Waals surface area (Å²) in [4.78, 5) is 33.6. The topological polar surface area (TPSA) is 122 Å². The van der Waals surface area contributed by atoms with Crippen molar-refractivity contribution in [1.29, 1.82) is 0 Å². The number of urea groups is 1. The van der Waals surface area contributed by atoms with Crippen molar-refractivity contribution in [3.05, 3.63) is 35.9 Å². The fourth-order valence-corrected chi connectivity index (χ4v) is 1.86. The fourth-order valence-electron chi connectivity index (χ4n) is 1.86. The maximum atomic E-state index is 11.6. The Hall–Kier alpha value is -2.57. The first-order valence-electron chi connectivity index (χ1n) is 6.50. The molecule has 5 N–H and O–H groups in total. The summed E-state index contributed by atoms with van der Waals surface area (Å²) in [5.74, 6) is -2.37. The quantitative estimate of drug-likeness (QED) is 0.582. The van der Waals surface area contributed by atoms with Crippen LogP contribution in [0.4, 0.5) is 4.79 Å². The van der Waals surface area contributed by atoms with E-state index in [1.165, 1.54) is 0 Å². The molecule has 114 valence electrons. The van der Waals surface area contributed by atoms with Crippen LogP contribution in [0, 0.1) is 0 Å². The molecule has 1 aromatic carbocycles. The zero-order valence-electron chi connectivity index (χ0n) is 11.7. The lowest BCUT2D eigenvalue weighted by Crippen LogP contribution is -2.44. The first-order valence-corrected chi connectivity index (χ1v) is 6.50. The number of amides is 3. The van der Waals surface area contributed by atoms with Crippen molar-refractivity contribution in [3.8, 4) is 0 Å². The van der Waals surface area contributed by atoms with Crippen LogP contribution in [-0.4, -0.2) is 35.6 Å². The Morgan fingerprint density at radius 3 is 2.38 bits per heavy atom. The number of hydrogen-bond acceptors (Lipinski definition) is 3. The smallest absolute Gasteiger partial charge is 0.315 e. The molecule has 0 fully saturated rings. The van der Waals surface area contributed by atoms with Crippen LogP contribution in [0.3, 0.4) is 0 Å². The van der Waals surface area contributed by atoms with Crippen molar-refractivity contribution in [2.24, 2.45) is 5.73 Å². The molecule has 2 unspecified atom stereocenters. The van der Waals surface area contributed by atoms with Gasteiger partial charge in [0.2, 0.25) is 5.91 Å². The van der Waals surface area contributed by atoms with E-state index in [0.29, 0.717) is 5.56 Å². The molecule has 0 spiro atoms. The van der Waals surface area contributed by atoms with E-state index in [0.717, 1.165) is 0 Å². The van der Waals surface area contributed by atoms with Gasteiger partial charge in [0.05, 0.1) is 5.92 Å². The van der Waals surface area contributed by atoms with Crippen LogP contribution >= 0.6 is 0 Å². The summed E-state index contributed by atoms with van der Waals surface area (Å²) < 4.78 is 0. The van der Waals surface area contributed by atoms with E-state index in [-0.39, 0.29) is 13.0 Å². The van der Waals surface area contributed by atoms with Gasteiger partial charge in [-0.25, -0.2) is 4.79 Å². The molecule has 0 bridgehead atoms. The molecule has 0 aliphatic rings. The van der Waals surface area contributed by atoms with Crippen LogP contribution in [0.1, 0.15) is 24.8 Å². The second kappa shape index (κ2) is 7.88. The number of carbonyl (C=O) groups excluding carboxylic acids is 2. The highest BCUT2D eigenvalue weighted by Gasteiger charge is 2.20. The van der Waals surface area contributed by atoms with Crippen molar-refractivity contribution in [2.75, 3.05) is 6.54 Å². The second-order valence-corrected chi connectivity index (χ2v) is 4.73. The van der Waals surface area contributed by atoms with Gasteiger partial charge in [0.1, 0.15) is 0 Å². The number of carbonyl (C=O) groups is 3. The van der Waals surface area contributed by atoms with Crippen molar-refractivity contribution in [3.63, 3.8) is 0 Å². The van der Waals surface area contributed by atoms with Gasteiger partial charge in [-0.15, -0.1) is 0 Å². The molecule has 0 saturated heterocycles. The highest BCUT2D eigenvalue weighted by atomic mass is 16.4. The molecule has 7 heteroatoms. The van der Waals surface area contributed by atoms with E-state index in [1.54, 1.807) is 37.3 Å². The van der Waals surface area contributed by atoms with Crippen LogP contribution in [0.25, 0.3) is 0 Å². The normalized spacial score (nSPS) is 13.0. The molecular weight excluding hydrogens is 274 g/mol. The van der Waals surface area contributed by atoms with Crippen LogP contribution < -0.4 is 16.4 Å². The van der Waals surface area contributed by atoms with Crippen LogP contribution in [0.5, 0.6) is 0 Å². The molecule has 21 heavy (non-hydrogen) atoms. The van der Waals surface area contributed by atoms with E-state index in [9.17, 15) is 19.5 Å². The molecule has 0 radical (unpaired) electrons. The molecule has 0 aromatic heterocycles. The first kappa shape index (κ1) is 16.5. The third-order valence-corrected chi connectivity index (χ3v) is 2.85. The summed E-state index contributed by atoms with van der Waals surface area (Å²) in [5.41, 5.74) is 5.63. The molecule has 3 amide bonds. The number of nitrogens with one attached hydrogen (secondary N) is 2. The highest BCUT2D eigenvalue weighted by Crippen LogP contribution is 2.14. The van der Waals surface area contributed by atoms with Gasteiger partial charge in [0.15, 0.2) is 0 Å². The molecule has 0 aliphatic heterocycles. The van der Waals surface area contributed by atoms with Crippen LogP contribution in [0.15, 0.2) is 30.3 Å². The van der Waals surface area contributed by atoms with Gasteiger partial charge >= 0.3 is 12.0 Å². The lowest BCUT2D eigenvalue weighted by atomic mass is 9.99. The van der Waals surface area contributed by atoms with E-state index in [1.807, 2.05) is 0 Å². The second-order valence-electron chi connectivity index (χ2n) is 4.73. The largest absolute Gasteiger partial charge is 0.481 e. The Balaban J connectivity index is 2.53. The minimum absolute atomic E-state index is 0.0223. The zero-order valence-corrected chi connectivity index (χ0v) is 11.7. The summed E-state index contributed by atoms with van der Waals surface area (Å²) in [7, 11) is 0. The summed E-state index contributed by atoms with van der Waals surface area (Å²) in [6.07, 6.45) is 0.0223. The van der Waals surface area contributed by atoms with E-state index in [4.69, 9.17) is 5.73 Å². The van der Waals surface area contributed by atoms with Gasteiger partial charge in [-0.05, 0) is 12.5 Å². The number of benzene rings is 1. The molecule has 1 rings (SSSR count). The van der Waals surface area contributed by atoms with E-state index >= 15 is 0 Å². The Kier molecular flexibility index (Phi) is 6.19. The fraction of sp³-hybridized carbons (Fsp3) is 0.357. The maximum absolute atomic E-state index is 11.6. The Morgan fingerprint density at radius 1 is 1.24 bits per heavy atom. The summed E-state index contributed by atoms with van der Waals surface area (Å²) in [6, 6.07) is 7.69. The van der Waals surface area contributed by atoms with Crippen molar-refractivity contribution in [2.45, 2.75) is 25.3 Å². The third-order valence-electron chi connectivity index (χ3n) is 2.85. The summed E-state index contributed by atoms with van der Waals surface area (Å²) >= 11 is 0. The van der Waals surface area contributed by atoms with Crippen LogP contribution in [0.2, 0.25) is 0 Å². The van der Waals surface area contributed by atoms with Gasteiger partial charge in [0.25, 0.3) is 0 Å². The number of aliphatic carboxylic acids is 1. The maximum Gasteiger partial charge on any atom is 0.315 e. The minimum atomic E-state index is -1.02. The minimum Gasteiger partial charge on any atom is -0.481 e. The SMILES string of the molecule is CC(CC(N)=O)NC(=O)NCC(C(=O)O)c1ccccc1. The molecular formula is C14H19N3O4. The van der Waals surface area contributed by atoms with Crippen molar-refractivity contribution >= 4 is 17.9 Å². The number of rotatable bonds is 7. The van der Waals surface area contributed by atoms with Gasteiger partial charge < -0.3 is 21.5 Å². The molecule has 0 aliphatic carbocycles. The Morgan fingerprint density at radius 2 is 1.86 bits per heavy atom. The van der Waals surface area contributed by atoms with Gasteiger partial charge in [-0.1, -0.05) is 30.3 Å². The number of primary amides is 1. The van der Waals surface area contributed by atoms with Crippen molar-refractivity contribution < 1.29 is 19.5 Å². The predicted octanol–water partition coefficient (Wildman–Crippen LogP) is 0.418. The van der Waals surface area contributed by atoms with E-state index in [2.05, 4.69) is 10.6 Å². The number of carboxylic acids is 1. The van der Waals surface area contributed by atoms with E-state index < -0.39 is 29.9 Å². The summed E-state index contributed by atoms with van der Waals surface area (Å²) in [6.45, 7) is 1.59. The molecule has 7 nitrogen and oxygen atoms in total. The first-order chi connectivity index (χ1) is 9.90. The Bertz CT molecular complexity index is 504. The average molecular weight is 293 g/mol. The molecule has 0 saturated carbocycles. The summed E-state index contributed by atoms with van der Waals surface area (Å²) in [5, 5.41) is 14.2. The number of hydrogen-bond donors (Lipinski definition) is 4. The Labute approximate surface area is 122 Å². The van der Waals surface area contributed by atoms with Crippen LogP contribution in [-0.2, 0) is 9.59 Å². The lowest BCUT2D eigenvalue weighted by Gasteiger charge is -2.16. The molecule has 0 heterocycles. The number of nitrogens with two attached hydrogens (primary N) is 1. The zero-order chi connectivity index (χ0) is 15.8. The molecule has 2 atom stereocenters. The monoisotopic (exact) mass is 293 g/mol. The van der Waals surface area contributed by atoms with Gasteiger partial charge in [-0.3, -0.25) is 9.59 Å². The van der Waals surface area contributed by atoms with Gasteiger partial charge in [0, 0.05) is 19.0 Å².